The van der Waals surface area contributed by atoms with E-state index in [1.807, 2.05) is 0 Å². The Hall–Kier alpha value is -0.0800. The van der Waals surface area contributed by atoms with Crippen LogP contribution >= 0.6 is 0 Å². The van der Waals surface area contributed by atoms with Crippen LogP contribution in [0.3, 0.4) is 0 Å². The monoisotopic (exact) mass is 266 g/mol. The summed E-state index contributed by atoms with van der Waals surface area (Å²) in [6.45, 7) is 6.07. The van der Waals surface area contributed by atoms with Crippen molar-refractivity contribution in [3.63, 3.8) is 0 Å². The summed E-state index contributed by atoms with van der Waals surface area (Å²) in [6, 6.07) is 0.827. The third kappa shape index (κ3) is 6.27. The fourth-order valence-corrected chi connectivity index (χ4v) is 3.67. The largest absolute Gasteiger partial charge is 0.316 e. The van der Waals surface area contributed by atoms with E-state index in [1.165, 1.54) is 83.8 Å². The van der Waals surface area contributed by atoms with E-state index in [-0.39, 0.29) is 0 Å². The van der Waals surface area contributed by atoms with Crippen molar-refractivity contribution in [2.75, 3.05) is 19.6 Å². The molecule has 2 aliphatic rings. The maximum absolute atomic E-state index is 3.73. The molecule has 0 bridgehead atoms. The highest BCUT2D eigenvalue weighted by Gasteiger charge is 2.17. The molecule has 2 fully saturated rings. The molecule has 0 spiro atoms. The molecule has 0 aromatic rings. The van der Waals surface area contributed by atoms with Gasteiger partial charge in [-0.2, -0.15) is 0 Å². The van der Waals surface area contributed by atoms with Crippen molar-refractivity contribution < 1.29 is 0 Å². The normalized spacial score (nSPS) is 29.5. The van der Waals surface area contributed by atoms with E-state index in [1.54, 1.807) is 0 Å². The first kappa shape index (κ1) is 15.3. The summed E-state index contributed by atoms with van der Waals surface area (Å²) >= 11 is 0. The molecule has 0 aromatic heterocycles. The highest BCUT2D eigenvalue weighted by molar-refractivity contribution is 4.73. The van der Waals surface area contributed by atoms with Crippen LogP contribution in [0.5, 0.6) is 0 Å². The van der Waals surface area contributed by atoms with Crippen molar-refractivity contribution in [3.05, 3.63) is 0 Å². The first-order valence-corrected chi connectivity index (χ1v) is 8.78. The third-order valence-electron chi connectivity index (χ3n) is 5.14. The molecule has 2 heteroatoms. The number of hydrogen-bond acceptors (Lipinski definition) is 2. The van der Waals surface area contributed by atoms with E-state index < -0.39 is 0 Å². The van der Waals surface area contributed by atoms with Crippen molar-refractivity contribution in [3.8, 4) is 0 Å². The van der Waals surface area contributed by atoms with Crippen molar-refractivity contribution in [2.24, 2.45) is 11.8 Å². The van der Waals surface area contributed by atoms with E-state index in [0.29, 0.717) is 0 Å². The van der Waals surface area contributed by atoms with Gasteiger partial charge in [0.05, 0.1) is 0 Å². The average molecular weight is 266 g/mol. The van der Waals surface area contributed by atoms with Crippen LogP contribution in [-0.2, 0) is 0 Å². The van der Waals surface area contributed by atoms with Gasteiger partial charge < -0.3 is 10.6 Å². The van der Waals surface area contributed by atoms with Gasteiger partial charge in [0.25, 0.3) is 0 Å². The maximum Gasteiger partial charge on any atom is 0.00670 e. The average Bonchev–Trinajstić information content (AvgIpc) is 2.46. The van der Waals surface area contributed by atoms with Crippen LogP contribution in [0.25, 0.3) is 0 Å². The molecule has 0 amide bonds. The fraction of sp³-hybridized carbons (Fsp3) is 1.00. The minimum atomic E-state index is 0.827. The molecule has 0 aromatic carbocycles. The number of nitrogens with one attached hydrogen (secondary N) is 2. The lowest BCUT2D eigenvalue weighted by molar-refractivity contribution is 0.281. The van der Waals surface area contributed by atoms with Crippen molar-refractivity contribution >= 4 is 0 Å². The third-order valence-corrected chi connectivity index (χ3v) is 5.14. The van der Waals surface area contributed by atoms with Gasteiger partial charge in [-0.15, -0.1) is 0 Å². The van der Waals surface area contributed by atoms with Crippen LogP contribution in [0.1, 0.15) is 71.1 Å². The van der Waals surface area contributed by atoms with Crippen LogP contribution in [0.4, 0.5) is 0 Å². The lowest BCUT2D eigenvalue weighted by Gasteiger charge is -2.26. The molecule has 0 heterocycles. The van der Waals surface area contributed by atoms with Gasteiger partial charge in [-0.3, -0.25) is 0 Å². The van der Waals surface area contributed by atoms with Gasteiger partial charge in [0, 0.05) is 6.04 Å². The standard InChI is InChI=1S/C17H34N2/c1-15-8-10-16(11-9-15)14-18-12-5-13-19-17-6-3-2-4-7-17/h15-19H,2-14H2,1H3. The van der Waals surface area contributed by atoms with Crippen LogP contribution in [-0.4, -0.2) is 25.7 Å². The van der Waals surface area contributed by atoms with Gasteiger partial charge in [-0.1, -0.05) is 39.0 Å². The molecule has 0 atom stereocenters. The van der Waals surface area contributed by atoms with E-state index in [2.05, 4.69) is 17.6 Å². The Morgan fingerprint density at radius 2 is 1.58 bits per heavy atom. The molecule has 2 N–H and O–H groups in total. The lowest BCUT2D eigenvalue weighted by Crippen LogP contribution is -2.34. The zero-order valence-corrected chi connectivity index (χ0v) is 12.9. The van der Waals surface area contributed by atoms with Gasteiger partial charge in [0.2, 0.25) is 0 Å². The van der Waals surface area contributed by atoms with Crippen molar-refractivity contribution in [1.29, 1.82) is 0 Å². The molecular formula is C17H34N2. The predicted molar refractivity (Wildman–Crippen MR) is 83.5 cm³/mol. The molecular weight excluding hydrogens is 232 g/mol. The number of hydrogen-bond donors (Lipinski definition) is 2. The van der Waals surface area contributed by atoms with Gasteiger partial charge >= 0.3 is 0 Å². The van der Waals surface area contributed by atoms with Gasteiger partial charge in [0.1, 0.15) is 0 Å². The Morgan fingerprint density at radius 1 is 0.842 bits per heavy atom. The van der Waals surface area contributed by atoms with Gasteiger partial charge in [0.15, 0.2) is 0 Å². The van der Waals surface area contributed by atoms with Crippen LogP contribution in [0, 0.1) is 11.8 Å². The summed E-state index contributed by atoms with van der Waals surface area (Å²) in [4.78, 5) is 0. The smallest absolute Gasteiger partial charge is 0.00670 e. The van der Waals surface area contributed by atoms with Crippen molar-refractivity contribution in [1.82, 2.24) is 10.6 Å². The second-order valence-electron chi connectivity index (χ2n) is 6.97. The zero-order chi connectivity index (χ0) is 13.3. The van der Waals surface area contributed by atoms with E-state index in [9.17, 15) is 0 Å². The fourth-order valence-electron chi connectivity index (χ4n) is 3.67. The summed E-state index contributed by atoms with van der Waals surface area (Å²) in [6.07, 6.45) is 14.3. The summed E-state index contributed by atoms with van der Waals surface area (Å²) in [7, 11) is 0. The lowest BCUT2D eigenvalue weighted by atomic mass is 9.83. The Balaban J connectivity index is 1.39. The second-order valence-corrected chi connectivity index (χ2v) is 6.97. The summed E-state index contributed by atoms with van der Waals surface area (Å²) < 4.78 is 0. The Bertz CT molecular complexity index is 215. The minimum Gasteiger partial charge on any atom is -0.316 e. The van der Waals surface area contributed by atoms with E-state index in [0.717, 1.165) is 17.9 Å². The molecule has 2 saturated carbocycles. The molecule has 19 heavy (non-hydrogen) atoms. The molecule has 112 valence electrons. The summed E-state index contributed by atoms with van der Waals surface area (Å²) in [5.74, 6) is 1.94. The van der Waals surface area contributed by atoms with Crippen LogP contribution < -0.4 is 10.6 Å². The highest BCUT2D eigenvalue weighted by atomic mass is 14.9. The SMILES string of the molecule is CC1CCC(CNCCCNC2CCCCC2)CC1. The quantitative estimate of drug-likeness (QED) is 0.686. The van der Waals surface area contributed by atoms with Gasteiger partial charge in [-0.05, 0) is 63.6 Å². The first-order valence-electron chi connectivity index (χ1n) is 8.78. The van der Waals surface area contributed by atoms with Crippen LogP contribution in [0.2, 0.25) is 0 Å². The molecule has 0 saturated heterocycles. The Labute approximate surface area is 120 Å². The minimum absolute atomic E-state index is 0.827. The first-order chi connectivity index (χ1) is 9.34. The van der Waals surface area contributed by atoms with Gasteiger partial charge in [-0.25, -0.2) is 0 Å². The molecule has 0 aliphatic heterocycles. The number of rotatable bonds is 7. The Kier molecular flexibility index (Phi) is 7.23. The Morgan fingerprint density at radius 3 is 2.32 bits per heavy atom. The molecule has 2 aliphatic carbocycles. The zero-order valence-electron chi connectivity index (χ0n) is 12.9. The molecule has 0 unspecified atom stereocenters. The van der Waals surface area contributed by atoms with Crippen LogP contribution in [0.15, 0.2) is 0 Å². The maximum atomic E-state index is 3.73. The molecule has 2 rings (SSSR count). The van der Waals surface area contributed by atoms with E-state index >= 15 is 0 Å². The molecule has 2 nitrogen and oxygen atoms in total. The predicted octanol–water partition coefficient (Wildman–Crippen LogP) is 3.71. The topological polar surface area (TPSA) is 24.1 Å². The second kappa shape index (κ2) is 8.97. The summed E-state index contributed by atoms with van der Waals surface area (Å²) in [5.41, 5.74) is 0. The summed E-state index contributed by atoms with van der Waals surface area (Å²) in [5, 5.41) is 7.39. The van der Waals surface area contributed by atoms with E-state index in [4.69, 9.17) is 0 Å². The highest BCUT2D eigenvalue weighted by Crippen LogP contribution is 2.27. The molecule has 0 radical (unpaired) electrons. The van der Waals surface area contributed by atoms with Crippen molar-refractivity contribution in [2.45, 2.75) is 77.2 Å².